The topological polar surface area (TPSA) is 42.0 Å². The maximum atomic E-state index is 12.8. The van der Waals surface area contributed by atoms with Gasteiger partial charge in [-0.05, 0) is 31.9 Å². The van der Waals surface area contributed by atoms with Crippen molar-refractivity contribution in [2.24, 2.45) is 0 Å². The number of hydrogen-bond acceptors (Lipinski definition) is 2. The fraction of sp³-hybridized carbons (Fsp3) is 0.500. The van der Waals surface area contributed by atoms with Crippen molar-refractivity contribution < 1.29 is 9.18 Å². The lowest BCUT2D eigenvalue weighted by Gasteiger charge is -2.27. The third kappa shape index (κ3) is 3.02. The minimum atomic E-state index is -0.637. The molecule has 1 heterocycles. The molecule has 0 aliphatic carbocycles. The largest absolute Gasteiger partial charge is 0.346 e. The number of pyridine rings is 1. The number of nitrogens with zero attached hydrogens (tertiary/aromatic N) is 1. The highest BCUT2D eigenvalue weighted by Gasteiger charge is 2.23. The number of hydrogen-bond donors (Lipinski definition) is 1. The van der Waals surface area contributed by atoms with Gasteiger partial charge in [-0.3, -0.25) is 4.79 Å². The smallest absolute Gasteiger partial charge is 0.270 e. The molecular formula is C12H17FN2O. The van der Waals surface area contributed by atoms with E-state index in [1.807, 2.05) is 20.8 Å². The monoisotopic (exact) mass is 224 g/mol. The Hall–Kier alpha value is -1.45. The molecule has 1 rings (SSSR count). The number of carbonyl (C=O) groups excluding carboxylic acids is 1. The predicted molar refractivity (Wildman–Crippen MR) is 60.6 cm³/mol. The number of carbonyl (C=O) groups is 1. The zero-order valence-corrected chi connectivity index (χ0v) is 9.88. The van der Waals surface area contributed by atoms with Gasteiger partial charge in [-0.25, -0.2) is 4.98 Å². The number of halogens is 1. The van der Waals surface area contributed by atoms with Crippen LogP contribution in [0.3, 0.4) is 0 Å². The van der Waals surface area contributed by atoms with Gasteiger partial charge in [0.2, 0.25) is 5.95 Å². The van der Waals surface area contributed by atoms with Gasteiger partial charge in [0, 0.05) is 5.54 Å². The Labute approximate surface area is 95.1 Å². The summed E-state index contributed by atoms with van der Waals surface area (Å²) >= 11 is 0. The van der Waals surface area contributed by atoms with Crippen LogP contribution in [0.15, 0.2) is 18.2 Å². The van der Waals surface area contributed by atoms with Crippen LogP contribution in [0.5, 0.6) is 0 Å². The van der Waals surface area contributed by atoms with Crippen molar-refractivity contribution in [3.8, 4) is 0 Å². The molecule has 88 valence electrons. The Morgan fingerprint density at radius 3 is 2.56 bits per heavy atom. The molecule has 0 saturated carbocycles. The van der Waals surface area contributed by atoms with Crippen molar-refractivity contribution >= 4 is 5.91 Å². The highest BCUT2D eigenvalue weighted by Crippen LogP contribution is 2.14. The summed E-state index contributed by atoms with van der Waals surface area (Å²) in [5, 5.41) is 2.87. The summed E-state index contributed by atoms with van der Waals surface area (Å²) in [5.41, 5.74) is -0.140. The van der Waals surface area contributed by atoms with E-state index >= 15 is 0 Å². The van der Waals surface area contributed by atoms with Crippen LogP contribution in [0.2, 0.25) is 0 Å². The molecule has 0 fully saturated rings. The molecule has 0 unspecified atom stereocenters. The minimum Gasteiger partial charge on any atom is -0.346 e. The Kier molecular flexibility index (Phi) is 3.99. The Bertz CT molecular complexity index is 375. The van der Waals surface area contributed by atoms with Gasteiger partial charge >= 0.3 is 0 Å². The van der Waals surface area contributed by atoms with Crippen molar-refractivity contribution in [1.29, 1.82) is 0 Å². The van der Waals surface area contributed by atoms with Crippen LogP contribution in [-0.2, 0) is 0 Å². The van der Waals surface area contributed by atoms with E-state index in [9.17, 15) is 9.18 Å². The molecule has 0 radical (unpaired) electrons. The molecular weight excluding hydrogens is 207 g/mol. The second kappa shape index (κ2) is 5.05. The summed E-state index contributed by atoms with van der Waals surface area (Å²) in [6.07, 6.45) is 1.65. The summed E-state index contributed by atoms with van der Waals surface area (Å²) in [6, 6.07) is 4.20. The number of aromatic nitrogens is 1. The summed E-state index contributed by atoms with van der Waals surface area (Å²) in [4.78, 5) is 15.3. The second-order valence-electron chi connectivity index (χ2n) is 4.07. The van der Waals surface area contributed by atoms with Gasteiger partial charge in [0.25, 0.3) is 5.91 Å². The van der Waals surface area contributed by atoms with Gasteiger partial charge in [0.1, 0.15) is 5.69 Å². The van der Waals surface area contributed by atoms with Crippen molar-refractivity contribution in [1.82, 2.24) is 10.3 Å². The molecule has 0 aromatic carbocycles. The second-order valence-corrected chi connectivity index (χ2v) is 4.07. The van der Waals surface area contributed by atoms with Crippen molar-refractivity contribution in [3.05, 3.63) is 29.8 Å². The minimum absolute atomic E-state index is 0.119. The van der Waals surface area contributed by atoms with Gasteiger partial charge in [0.15, 0.2) is 0 Å². The standard InChI is InChI=1S/C12H17FN2O/c1-4-12(3,5-2)15-11(16)9-7-6-8-10(13)14-9/h6-8H,4-5H2,1-3H3,(H,15,16). The van der Waals surface area contributed by atoms with E-state index in [4.69, 9.17) is 0 Å². The van der Waals surface area contributed by atoms with Crippen molar-refractivity contribution in [2.45, 2.75) is 39.2 Å². The fourth-order valence-corrected chi connectivity index (χ4v) is 1.30. The summed E-state index contributed by atoms with van der Waals surface area (Å²) in [7, 11) is 0. The maximum Gasteiger partial charge on any atom is 0.270 e. The Balaban J connectivity index is 2.80. The fourth-order valence-electron chi connectivity index (χ4n) is 1.30. The highest BCUT2D eigenvalue weighted by atomic mass is 19.1. The molecule has 4 heteroatoms. The SMILES string of the molecule is CCC(C)(CC)NC(=O)c1cccc(F)n1. The van der Waals surface area contributed by atoms with E-state index in [0.29, 0.717) is 0 Å². The number of amides is 1. The zero-order valence-electron chi connectivity index (χ0n) is 9.88. The third-order valence-corrected chi connectivity index (χ3v) is 2.92. The quantitative estimate of drug-likeness (QED) is 0.798. The third-order valence-electron chi connectivity index (χ3n) is 2.92. The van der Waals surface area contributed by atoms with Crippen molar-refractivity contribution in [3.63, 3.8) is 0 Å². The normalized spacial score (nSPS) is 11.2. The van der Waals surface area contributed by atoms with Gasteiger partial charge in [-0.1, -0.05) is 19.9 Å². The number of rotatable bonds is 4. The summed E-state index contributed by atoms with van der Waals surface area (Å²) < 4.78 is 12.8. The lowest BCUT2D eigenvalue weighted by Crippen LogP contribution is -2.45. The lowest BCUT2D eigenvalue weighted by molar-refractivity contribution is 0.0894. The van der Waals surface area contributed by atoms with Gasteiger partial charge < -0.3 is 5.32 Å². The first kappa shape index (κ1) is 12.6. The van der Waals surface area contributed by atoms with Crippen LogP contribution in [0, 0.1) is 5.95 Å². The molecule has 16 heavy (non-hydrogen) atoms. The van der Waals surface area contributed by atoms with Crippen LogP contribution in [0.25, 0.3) is 0 Å². The Morgan fingerprint density at radius 2 is 2.06 bits per heavy atom. The van der Waals surface area contributed by atoms with E-state index < -0.39 is 5.95 Å². The molecule has 1 aromatic rings. The molecule has 1 amide bonds. The van der Waals surface area contributed by atoms with Crippen LogP contribution in [0.4, 0.5) is 4.39 Å². The van der Waals surface area contributed by atoms with Crippen LogP contribution >= 0.6 is 0 Å². The first-order valence-electron chi connectivity index (χ1n) is 5.46. The average molecular weight is 224 g/mol. The van der Waals surface area contributed by atoms with E-state index in [0.717, 1.165) is 12.8 Å². The first-order chi connectivity index (χ1) is 7.50. The molecule has 0 saturated heterocycles. The average Bonchev–Trinajstić information content (AvgIpc) is 2.29. The maximum absolute atomic E-state index is 12.8. The molecule has 0 bridgehead atoms. The molecule has 1 aromatic heterocycles. The summed E-state index contributed by atoms with van der Waals surface area (Å²) in [6.45, 7) is 5.97. The van der Waals surface area contributed by atoms with E-state index in [1.54, 1.807) is 0 Å². The summed E-state index contributed by atoms with van der Waals surface area (Å²) in [5.74, 6) is -0.965. The molecule has 1 N–H and O–H groups in total. The first-order valence-corrected chi connectivity index (χ1v) is 5.46. The highest BCUT2D eigenvalue weighted by molar-refractivity contribution is 5.92. The van der Waals surface area contributed by atoms with Crippen LogP contribution < -0.4 is 5.32 Å². The number of nitrogens with one attached hydrogen (secondary N) is 1. The van der Waals surface area contributed by atoms with E-state index in [-0.39, 0.29) is 17.1 Å². The van der Waals surface area contributed by atoms with Gasteiger partial charge in [-0.2, -0.15) is 4.39 Å². The predicted octanol–water partition coefficient (Wildman–Crippen LogP) is 2.53. The van der Waals surface area contributed by atoms with Crippen LogP contribution in [-0.4, -0.2) is 16.4 Å². The van der Waals surface area contributed by atoms with Crippen LogP contribution in [0.1, 0.15) is 44.1 Å². The lowest BCUT2D eigenvalue weighted by atomic mass is 9.95. The molecule has 0 atom stereocenters. The van der Waals surface area contributed by atoms with E-state index in [2.05, 4.69) is 10.3 Å². The molecule has 0 aliphatic heterocycles. The van der Waals surface area contributed by atoms with Gasteiger partial charge in [-0.15, -0.1) is 0 Å². The Morgan fingerprint density at radius 1 is 1.44 bits per heavy atom. The zero-order chi connectivity index (χ0) is 12.2. The van der Waals surface area contributed by atoms with Gasteiger partial charge in [0.05, 0.1) is 0 Å². The van der Waals surface area contributed by atoms with Crippen molar-refractivity contribution in [2.75, 3.05) is 0 Å². The molecule has 0 spiro atoms. The molecule has 3 nitrogen and oxygen atoms in total. The molecule has 0 aliphatic rings. The van der Waals surface area contributed by atoms with E-state index in [1.165, 1.54) is 18.2 Å².